The van der Waals surface area contributed by atoms with E-state index in [0.29, 0.717) is 10.7 Å². The van der Waals surface area contributed by atoms with Gasteiger partial charge >= 0.3 is 5.97 Å². The first-order valence-electron chi connectivity index (χ1n) is 7.47. The summed E-state index contributed by atoms with van der Waals surface area (Å²) >= 11 is 9.15. The summed E-state index contributed by atoms with van der Waals surface area (Å²) in [6.07, 6.45) is -0.530. The number of thioether (sulfide) groups is 1. The van der Waals surface area contributed by atoms with Crippen LogP contribution in [0, 0.1) is 0 Å². The highest BCUT2D eigenvalue weighted by Crippen LogP contribution is 2.35. The van der Waals surface area contributed by atoms with Gasteiger partial charge in [-0.2, -0.15) is 0 Å². The number of ether oxygens (including phenoxy) is 1. The number of aromatic nitrogens is 2. The number of hydrogen-bond donors (Lipinski definition) is 1. The number of esters is 1. The molecule has 0 aliphatic carbocycles. The molecule has 0 fully saturated rings. The van der Waals surface area contributed by atoms with Gasteiger partial charge in [-0.1, -0.05) is 71.1 Å². The Kier molecular flexibility index (Phi) is 4.61. The van der Waals surface area contributed by atoms with E-state index in [1.807, 2.05) is 42.5 Å². The van der Waals surface area contributed by atoms with Crippen molar-refractivity contribution in [3.63, 3.8) is 0 Å². The fourth-order valence-electron chi connectivity index (χ4n) is 2.45. The van der Waals surface area contributed by atoms with E-state index in [1.165, 1.54) is 11.3 Å². The molecular weight excluding hydrogens is 378 g/mol. The first-order chi connectivity index (χ1) is 12.2. The van der Waals surface area contributed by atoms with Crippen LogP contribution in [-0.2, 0) is 10.5 Å². The Hall–Kier alpha value is -2.09. The third kappa shape index (κ3) is 3.49. The first-order valence-corrected chi connectivity index (χ1v) is 9.65. The second-order valence-corrected chi connectivity index (χ2v) is 7.88. The second-order valence-electron chi connectivity index (χ2n) is 5.27. The zero-order valence-electron chi connectivity index (χ0n) is 12.8. The normalized spacial score (nSPS) is 15.7. The molecule has 1 aliphatic rings. The Morgan fingerprint density at radius 2 is 1.96 bits per heavy atom. The van der Waals surface area contributed by atoms with Crippen LogP contribution in [0.3, 0.4) is 0 Å². The number of carbonyl (C=O) groups excluding carboxylic acids is 1. The molecule has 0 spiro atoms. The van der Waals surface area contributed by atoms with E-state index in [1.54, 1.807) is 17.8 Å². The van der Waals surface area contributed by atoms with Crippen LogP contribution in [-0.4, -0.2) is 16.2 Å². The van der Waals surface area contributed by atoms with Crippen LogP contribution in [0.4, 0.5) is 5.13 Å². The van der Waals surface area contributed by atoms with Crippen LogP contribution in [0.25, 0.3) is 0 Å². The van der Waals surface area contributed by atoms with E-state index in [-0.39, 0.29) is 5.97 Å². The lowest BCUT2D eigenvalue weighted by atomic mass is 10.1. The molecule has 1 unspecified atom stereocenters. The summed E-state index contributed by atoms with van der Waals surface area (Å²) in [6.45, 7) is 0. The zero-order valence-corrected chi connectivity index (χ0v) is 15.2. The molecule has 4 rings (SSSR count). The van der Waals surface area contributed by atoms with Gasteiger partial charge in [-0.15, -0.1) is 10.2 Å². The van der Waals surface area contributed by atoms with Crippen LogP contribution in [0.5, 0.6) is 0 Å². The lowest BCUT2D eigenvalue weighted by Crippen LogP contribution is -2.09. The molecule has 5 nitrogen and oxygen atoms in total. The number of carbonyl (C=O) groups is 1. The van der Waals surface area contributed by atoms with Gasteiger partial charge in [-0.05, 0) is 17.7 Å². The predicted molar refractivity (Wildman–Crippen MR) is 99.1 cm³/mol. The van der Waals surface area contributed by atoms with E-state index < -0.39 is 6.23 Å². The van der Waals surface area contributed by atoms with E-state index in [0.717, 1.165) is 26.2 Å². The monoisotopic (exact) mass is 389 g/mol. The minimum atomic E-state index is -0.530. The summed E-state index contributed by atoms with van der Waals surface area (Å²) in [5.41, 5.74) is 2.45. The van der Waals surface area contributed by atoms with Crippen LogP contribution in [0.2, 0.25) is 5.02 Å². The van der Waals surface area contributed by atoms with Gasteiger partial charge in [-0.25, -0.2) is 4.79 Å². The molecule has 0 radical (unpaired) electrons. The Morgan fingerprint density at radius 1 is 1.16 bits per heavy atom. The molecule has 3 aromatic rings. The number of hydrogen-bond acceptors (Lipinski definition) is 7. The molecule has 1 aromatic heterocycles. The van der Waals surface area contributed by atoms with Crippen molar-refractivity contribution in [1.82, 2.24) is 10.2 Å². The average Bonchev–Trinajstić information content (AvgIpc) is 3.20. The van der Waals surface area contributed by atoms with E-state index >= 15 is 0 Å². The third-order valence-electron chi connectivity index (χ3n) is 3.66. The van der Waals surface area contributed by atoms with Crippen molar-refractivity contribution < 1.29 is 9.53 Å². The molecule has 126 valence electrons. The number of halogens is 1. The summed E-state index contributed by atoms with van der Waals surface area (Å²) < 4.78 is 6.17. The highest BCUT2D eigenvalue weighted by Gasteiger charge is 2.31. The van der Waals surface area contributed by atoms with Crippen molar-refractivity contribution >= 4 is 45.8 Å². The summed E-state index contributed by atoms with van der Waals surface area (Å²) in [6, 6.07) is 15.0. The van der Waals surface area contributed by atoms with Crippen molar-refractivity contribution in [3.05, 3.63) is 70.2 Å². The first kappa shape index (κ1) is 16.4. The van der Waals surface area contributed by atoms with Crippen LogP contribution >= 0.6 is 34.7 Å². The highest BCUT2D eigenvalue weighted by molar-refractivity contribution is 8.00. The molecule has 1 N–H and O–H groups in total. The van der Waals surface area contributed by atoms with Crippen molar-refractivity contribution in [2.75, 3.05) is 5.32 Å². The summed E-state index contributed by atoms with van der Waals surface area (Å²) in [5, 5.41) is 12.8. The molecule has 2 heterocycles. The lowest BCUT2D eigenvalue weighted by Gasteiger charge is -2.10. The summed E-state index contributed by atoms with van der Waals surface area (Å²) in [7, 11) is 0. The quantitative estimate of drug-likeness (QED) is 0.501. The lowest BCUT2D eigenvalue weighted by molar-refractivity contribution is 0.0437. The van der Waals surface area contributed by atoms with Gasteiger partial charge in [0, 0.05) is 16.3 Å². The maximum Gasteiger partial charge on any atom is 0.340 e. The predicted octanol–water partition coefficient (Wildman–Crippen LogP) is 4.76. The van der Waals surface area contributed by atoms with Crippen molar-refractivity contribution in [3.8, 4) is 0 Å². The van der Waals surface area contributed by atoms with E-state index in [4.69, 9.17) is 16.3 Å². The van der Waals surface area contributed by atoms with Crippen LogP contribution in [0.15, 0.2) is 52.9 Å². The fraction of sp³-hybridized carbons (Fsp3) is 0.118. The largest absolute Gasteiger partial charge is 0.434 e. The molecule has 0 saturated heterocycles. The van der Waals surface area contributed by atoms with Gasteiger partial charge in [0.1, 0.15) is 0 Å². The molecule has 1 atom stereocenters. The van der Waals surface area contributed by atoms with E-state index in [9.17, 15) is 4.79 Å². The van der Waals surface area contributed by atoms with Crippen molar-refractivity contribution in [1.29, 1.82) is 0 Å². The van der Waals surface area contributed by atoms with Gasteiger partial charge < -0.3 is 10.1 Å². The number of nitrogens with one attached hydrogen (secondary N) is 1. The molecule has 2 aromatic carbocycles. The van der Waals surface area contributed by atoms with Crippen molar-refractivity contribution in [2.45, 2.75) is 16.3 Å². The number of anilines is 1. The fourth-order valence-corrected chi connectivity index (χ4v) is 4.50. The zero-order chi connectivity index (χ0) is 17.2. The number of cyclic esters (lactones) is 1. The SMILES string of the molecule is O=C1OC(Nc2nnc(SCc3ccccc3Cl)s2)c2ccccc21. The van der Waals surface area contributed by atoms with Crippen LogP contribution < -0.4 is 5.32 Å². The number of rotatable bonds is 5. The van der Waals surface area contributed by atoms with E-state index in [2.05, 4.69) is 15.5 Å². The molecule has 0 amide bonds. The van der Waals surface area contributed by atoms with Gasteiger partial charge in [-0.3, -0.25) is 0 Å². The Labute approximate surface area is 157 Å². The molecule has 1 aliphatic heterocycles. The molecule has 0 saturated carbocycles. The third-order valence-corrected chi connectivity index (χ3v) is 6.06. The molecular formula is C17H12ClN3O2S2. The summed E-state index contributed by atoms with van der Waals surface area (Å²) in [4.78, 5) is 11.9. The maximum atomic E-state index is 11.9. The Bertz CT molecular complexity index is 932. The molecule has 8 heteroatoms. The minimum Gasteiger partial charge on any atom is -0.434 e. The van der Waals surface area contributed by atoms with Gasteiger partial charge in [0.25, 0.3) is 0 Å². The van der Waals surface area contributed by atoms with Crippen LogP contribution in [0.1, 0.15) is 27.7 Å². The number of nitrogens with zero attached hydrogens (tertiary/aromatic N) is 2. The van der Waals surface area contributed by atoms with Crippen molar-refractivity contribution in [2.24, 2.45) is 0 Å². The summed E-state index contributed by atoms with van der Waals surface area (Å²) in [5.74, 6) is 0.390. The average molecular weight is 390 g/mol. The molecule has 25 heavy (non-hydrogen) atoms. The Balaban J connectivity index is 1.42. The maximum absolute atomic E-state index is 11.9. The topological polar surface area (TPSA) is 64.1 Å². The second kappa shape index (κ2) is 7.03. The smallest absolute Gasteiger partial charge is 0.340 e. The standard InChI is InChI=1S/C17H12ClN3O2S2/c18-13-8-4-1-5-10(13)9-24-17-21-20-16(25-17)19-14-11-6-2-3-7-12(11)15(22)23-14/h1-8,14H,9H2,(H,19,20). The van der Waals surface area contributed by atoms with Gasteiger partial charge in [0.2, 0.25) is 11.4 Å². The number of fused-ring (bicyclic) bond motifs is 1. The van der Waals surface area contributed by atoms with Gasteiger partial charge in [0.05, 0.1) is 5.56 Å². The Morgan fingerprint density at radius 3 is 2.84 bits per heavy atom. The minimum absolute atomic E-state index is 0.328. The highest BCUT2D eigenvalue weighted by atomic mass is 35.5. The molecule has 0 bridgehead atoms. The number of benzene rings is 2. The van der Waals surface area contributed by atoms with Gasteiger partial charge in [0.15, 0.2) is 4.34 Å².